The molecule has 0 fully saturated rings. The summed E-state index contributed by atoms with van der Waals surface area (Å²) >= 11 is 1.84. The Morgan fingerprint density at radius 2 is 1.52 bits per heavy atom. The predicted octanol–water partition coefficient (Wildman–Crippen LogP) is 6.18. The Kier molecular flexibility index (Phi) is 5.51. The van der Waals surface area contributed by atoms with E-state index in [1.807, 2.05) is 37.8 Å². The number of hydrogen-bond acceptors (Lipinski definition) is 2. The number of hydrogen-bond donors (Lipinski definition) is 0. The van der Waals surface area contributed by atoms with Crippen LogP contribution in [-0.2, 0) is 4.74 Å². The first kappa shape index (κ1) is 15.7. The summed E-state index contributed by atoms with van der Waals surface area (Å²) in [6.45, 7) is 8.26. The summed E-state index contributed by atoms with van der Waals surface area (Å²) in [7, 11) is 0. The Hall–Kier alpha value is -1.67. The van der Waals surface area contributed by atoms with Gasteiger partial charge in [-0.25, -0.2) is 0 Å². The third-order valence-corrected chi connectivity index (χ3v) is 3.92. The van der Waals surface area contributed by atoms with Crippen LogP contribution in [0.1, 0.15) is 34.1 Å². The third kappa shape index (κ3) is 5.31. The molecule has 2 heterocycles. The van der Waals surface area contributed by atoms with Crippen molar-refractivity contribution in [1.29, 1.82) is 0 Å². The van der Waals surface area contributed by atoms with Gasteiger partial charge < -0.3 is 4.74 Å². The van der Waals surface area contributed by atoms with E-state index in [4.69, 9.17) is 4.74 Å². The summed E-state index contributed by atoms with van der Waals surface area (Å²) in [5.41, 5.74) is 2.49. The first-order valence-electron chi connectivity index (χ1n) is 7.19. The first-order valence-corrected chi connectivity index (χ1v) is 8.00. The molecule has 0 radical (unpaired) electrons. The molecule has 2 aliphatic heterocycles. The summed E-state index contributed by atoms with van der Waals surface area (Å²) < 4.78 is 5.48. The van der Waals surface area contributed by atoms with Crippen molar-refractivity contribution < 1.29 is 4.74 Å². The summed E-state index contributed by atoms with van der Waals surface area (Å²) in [5.74, 6) is 1.88. The topological polar surface area (TPSA) is 9.23 Å². The second kappa shape index (κ2) is 7.37. The number of thioether (sulfide) groups is 1. The molecule has 0 saturated carbocycles. The minimum absolute atomic E-state index is 0.942. The van der Waals surface area contributed by atoms with Crippen LogP contribution in [0, 0.1) is 0 Å². The lowest BCUT2D eigenvalue weighted by molar-refractivity contribution is 0.304. The smallest absolute Gasteiger partial charge is 0.101 e. The molecule has 0 amide bonds. The molecule has 0 atom stereocenters. The minimum atomic E-state index is 0.942. The molecule has 21 heavy (non-hydrogen) atoms. The Labute approximate surface area is 132 Å². The van der Waals surface area contributed by atoms with E-state index in [2.05, 4.69) is 50.3 Å². The van der Waals surface area contributed by atoms with Crippen molar-refractivity contribution in [3.63, 3.8) is 0 Å². The maximum Gasteiger partial charge on any atom is 0.101 e. The number of rotatable bonds is 3. The fourth-order valence-corrected chi connectivity index (χ4v) is 3.22. The molecule has 0 aromatic carbocycles. The molecule has 2 aliphatic rings. The van der Waals surface area contributed by atoms with E-state index in [0.29, 0.717) is 0 Å². The van der Waals surface area contributed by atoms with Gasteiger partial charge in [-0.05, 0) is 79.4 Å². The van der Waals surface area contributed by atoms with Gasteiger partial charge in [-0.2, -0.15) is 0 Å². The van der Waals surface area contributed by atoms with Gasteiger partial charge in [0.25, 0.3) is 0 Å². The van der Waals surface area contributed by atoms with E-state index < -0.39 is 0 Å². The average molecular weight is 298 g/mol. The largest absolute Gasteiger partial charge is 0.467 e. The van der Waals surface area contributed by atoms with E-state index in [-0.39, 0.29) is 0 Å². The lowest BCUT2D eigenvalue weighted by Gasteiger charge is -2.11. The van der Waals surface area contributed by atoms with E-state index in [1.165, 1.54) is 21.0 Å². The second-order valence-corrected chi connectivity index (χ2v) is 6.75. The number of allylic oxidation sites excluding steroid dienone is 14. The molecule has 0 aromatic heterocycles. The molecule has 0 bridgehead atoms. The highest BCUT2D eigenvalue weighted by Gasteiger charge is 2.03. The van der Waals surface area contributed by atoms with E-state index in [0.717, 1.165) is 17.9 Å². The lowest BCUT2D eigenvalue weighted by atomic mass is 10.1. The zero-order valence-electron chi connectivity index (χ0n) is 13.1. The quantitative estimate of drug-likeness (QED) is 0.615. The first-order chi connectivity index (χ1) is 10.0. The molecule has 2 heteroatoms. The Morgan fingerprint density at radius 3 is 2.14 bits per heavy atom. The van der Waals surface area contributed by atoms with Crippen LogP contribution in [0.25, 0.3) is 0 Å². The summed E-state index contributed by atoms with van der Waals surface area (Å²) in [6, 6.07) is 0. The van der Waals surface area contributed by atoms with Crippen molar-refractivity contribution in [3.8, 4) is 0 Å². The third-order valence-electron chi connectivity index (χ3n) is 3.04. The van der Waals surface area contributed by atoms with Crippen LogP contribution < -0.4 is 0 Å². The zero-order chi connectivity index (χ0) is 15.2. The van der Waals surface area contributed by atoms with Gasteiger partial charge in [-0.15, -0.1) is 0 Å². The molecule has 0 N–H and O–H groups in total. The monoisotopic (exact) mass is 298 g/mol. The highest BCUT2D eigenvalue weighted by atomic mass is 32.2. The van der Waals surface area contributed by atoms with Gasteiger partial charge in [0.15, 0.2) is 0 Å². The maximum absolute atomic E-state index is 5.48. The highest BCUT2D eigenvalue weighted by molar-refractivity contribution is 8.06. The molecule has 1 nitrogen and oxygen atoms in total. The lowest BCUT2D eigenvalue weighted by Crippen LogP contribution is -1.93. The summed E-state index contributed by atoms with van der Waals surface area (Å²) in [6.07, 6.45) is 18.2. The second-order valence-electron chi connectivity index (χ2n) is 5.26. The number of ether oxygens (including phenoxy) is 1. The SMILES string of the molecule is CC1=CC(=C/C=C/CC=C2C=C(C)SC(C)=C2)C=C(C)O1. The molecule has 110 valence electrons. The Bertz CT molecular complexity index is 582. The van der Waals surface area contributed by atoms with E-state index >= 15 is 0 Å². The molecule has 2 rings (SSSR count). The Balaban J connectivity index is 1.95. The molecule has 0 unspecified atom stereocenters. The average Bonchev–Trinajstić information content (AvgIpc) is 2.36. The molecular formula is C19H22OS. The van der Waals surface area contributed by atoms with Gasteiger partial charge in [-0.1, -0.05) is 36.1 Å². The molecule has 0 aliphatic carbocycles. The van der Waals surface area contributed by atoms with Crippen molar-refractivity contribution in [2.75, 3.05) is 0 Å². The van der Waals surface area contributed by atoms with Gasteiger partial charge in [0.05, 0.1) is 0 Å². The summed E-state index contributed by atoms with van der Waals surface area (Å²) in [4.78, 5) is 2.71. The normalized spacial score (nSPS) is 18.7. The van der Waals surface area contributed by atoms with Gasteiger partial charge in [0.2, 0.25) is 0 Å². The van der Waals surface area contributed by atoms with Crippen LogP contribution in [0.2, 0.25) is 0 Å². The van der Waals surface area contributed by atoms with Gasteiger partial charge >= 0.3 is 0 Å². The maximum atomic E-state index is 5.48. The van der Waals surface area contributed by atoms with E-state index in [1.54, 1.807) is 0 Å². The molecule has 0 saturated heterocycles. The van der Waals surface area contributed by atoms with Crippen LogP contribution in [0.3, 0.4) is 0 Å². The van der Waals surface area contributed by atoms with Crippen molar-refractivity contribution in [2.24, 2.45) is 0 Å². The molecule has 0 aromatic rings. The predicted molar refractivity (Wildman–Crippen MR) is 93.6 cm³/mol. The van der Waals surface area contributed by atoms with Crippen molar-refractivity contribution >= 4 is 11.8 Å². The standard InChI is InChI=1S/C19H22OS/c1-14-10-18(11-15(2)20-14)8-6-5-7-9-19-12-16(3)21-17(4)13-19/h5-6,8-13H,7H2,1-4H3/b6-5+. The van der Waals surface area contributed by atoms with Crippen LogP contribution in [0.15, 0.2) is 81.1 Å². The van der Waals surface area contributed by atoms with Crippen molar-refractivity contribution in [2.45, 2.75) is 34.1 Å². The van der Waals surface area contributed by atoms with Crippen molar-refractivity contribution in [3.05, 3.63) is 81.1 Å². The van der Waals surface area contributed by atoms with Crippen LogP contribution in [0.4, 0.5) is 0 Å². The minimum Gasteiger partial charge on any atom is -0.467 e. The van der Waals surface area contributed by atoms with E-state index in [9.17, 15) is 0 Å². The molecular weight excluding hydrogens is 276 g/mol. The van der Waals surface area contributed by atoms with Crippen LogP contribution in [0.5, 0.6) is 0 Å². The zero-order valence-corrected chi connectivity index (χ0v) is 14.0. The fourth-order valence-electron chi connectivity index (χ4n) is 2.32. The van der Waals surface area contributed by atoms with Crippen LogP contribution >= 0.6 is 11.8 Å². The summed E-state index contributed by atoms with van der Waals surface area (Å²) in [5, 5.41) is 0. The van der Waals surface area contributed by atoms with Gasteiger partial charge in [-0.3, -0.25) is 0 Å². The fraction of sp³-hybridized carbons (Fsp3) is 0.263. The van der Waals surface area contributed by atoms with Crippen LogP contribution in [-0.4, -0.2) is 0 Å². The van der Waals surface area contributed by atoms with Gasteiger partial charge in [0, 0.05) is 0 Å². The Morgan fingerprint density at radius 1 is 0.905 bits per heavy atom. The van der Waals surface area contributed by atoms with Crippen molar-refractivity contribution in [1.82, 2.24) is 0 Å². The highest BCUT2D eigenvalue weighted by Crippen LogP contribution is 2.31. The van der Waals surface area contributed by atoms with Gasteiger partial charge in [0.1, 0.15) is 11.5 Å². The molecule has 0 spiro atoms.